The summed E-state index contributed by atoms with van der Waals surface area (Å²) in [5.74, 6) is -0.126. The van der Waals surface area contributed by atoms with Gasteiger partial charge in [-0.1, -0.05) is 19.8 Å². The van der Waals surface area contributed by atoms with Gasteiger partial charge in [0, 0.05) is 13.2 Å². The second-order valence-electron chi connectivity index (χ2n) is 4.74. The first-order chi connectivity index (χ1) is 7.65. The fourth-order valence-corrected chi connectivity index (χ4v) is 2.44. The van der Waals surface area contributed by atoms with Crippen molar-refractivity contribution >= 4 is 5.97 Å². The third-order valence-electron chi connectivity index (χ3n) is 3.25. The van der Waals surface area contributed by atoms with Gasteiger partial charge in [0.1, 0.15) is 0 Å². The number of aliphatic carboxylic acids is 1. The van der Waals surface area contributed by atoms with Crippen LogP contribution in [0.3, 0.4) is 0 Å². The summed E-state index contributed by atoms with van der Waals surface area (Å²) in [6.07, 6.45) is 4.00. The lowest BCUT2D eigenvalue weighted by Gasteiger charge is -2.30. The molecule has 4 nitrogen and oxygen atoms in total. The average Bonchev–Trinajstić information content (AvgIpc) is 2.24. The maximum atomic E-state index is 11.1. The number of carboxylic acids is 1. The van der Waals surface area contributed by atoms with Crippen LogP contribution in [0.4, 0.5) is 0 Å². The van der Waals surface area contributed by atoms with Crippen LogP contribution in [-0.4, -0.2) is 35.5 Å². The number of ether oxygens (including phenoxy) is 1. The first-order valence-electron chi connectivity index (χ1n) is 6.10. The van der Waals surface area contributed by atoms with E-state index in [9.17, 15) is 4.79 Å². The predicted molar refractivity (Wildman–Crippen MR) is 60.2 cm³/mol. The molecule has 16 heavy (non-hydrogen) atoms. The number of aliphatic hydroxyl groups excluding tert-OH is 1. The number of hydrogen-bond donors (Lipinski definition) is 2. The third kappa shape index (κ3) is 4.10. The Morgan fingerprint density at radius 3 is 2.81 bits per heavy atom. The zero-order valence-electron chi connectivity index (χ0n) is 9.89. The quantitative estimate of drug-likeness (QED) is 0.681. The normalized spacial score (nSPS) is 27.6. The van der Waals surface area contributed by atoms with Crippen molar-refractivity contribution in [1.82, 2.24) is 0 Å². The van der Waals surface area contributed by atoms with Gasteiger partial charge in [-0.3, -0.25) is 0 Å². The number of hydrogen-bond acceptors (Lipinski definition) is 3. The van der Waals surface area contributed by atoms with Gasteiger partial charge in [0.15, 0.2) is 6.10 Å². The highest BCUT2D eigenvalue weighted by molar-refractivity contribution is 5.72. The summed E-state index contributed by atoms with van der Waals surface area (Å²) in [6.45, 7) is 2.55. The highest BCUT2D eigenvalue weighted by atomic mass is 16.5. The highest BCUT2D eigenvalue weighted by Crippen LogP contribution is 2.32. The average molecular weight is 230 g/mol. The lowest BCUT2D eigenvalue weighted by Crippen LogP contribution is -2.35. The Bertz CT molecular complexity index is 217. The Morgan fingerprint density at radius 2 is 2.25 bits per heavy atom. The van der Waals surface area contributed by atoms with Crippen LogP contribution in [0.15, 0.2) is 0 Å². The maximum absolute atomic E-state index is 11.1. The lowest BCUT2D eigenvalue weighted by molar-refractivity contribution is -0.156. The molecule has 0 heterocycles. The molecule has 0 aromatic carbocycles. The van der Waals surface area contributed by atoms with Crippen LogP contribution in [-0.2, 0) is 9.53 Å². The van der Waals surface area contributed by atoms with Gasteiger partial charge in [-0.15, -0.1) is 0 Å². The van der Waals surface area contributed by atoms with Gasteiger partial charge in [-0.05, 0) is 31.1 Å². The van der Waals surface area contributed by atoms with Gasteiger partial charge in [0.2, 0.25) is 0 Å². The smallest absolute Gasteiger partial charge is 0.333 e. The molecule has 4 heteroatoms. The van der Waals surface area contributed by atoms with Gasteiger partial charge in [-0.25, -0.2) is 4.79 Å². The van der Waals surface area contributed by atoms with Crippen molar-refractivity contribution in [1.29, 1.82) is 0 Å². The van der Waals surface area contributed by atoms with Crippen LogP contribution in [0.5, 0.6) is 0 Å². The highest BCUT2D eigenvalue weighted by Gasteiger charge is 2.32. The van der Waals surface area contributed by atoms with E-state index in [0.29, 0.717) is 18.9 Å². The summed E-state index contributed by atoms with van der Waals surface area (Å²) in [4.78, 5) is 11.1. The van der Waals surface area contributed by atoms with E-state index in [4.69, 9.17) is 14.9 Å². The Morgan fingerprint density at radius 1 is 1.50 bits per heavy atom. The molecule has 1 aliphatic rings. The first kappa shape index (κ1) is 13.5. The van der Waals surface area contributed by atoms with Crippen molar-refractivity contribution < 1.29 is 19.7 Å². The molecule has 0 bridgehead atoms. The topological polar surface area (TPSA) is 66.8 Å². The monoisotopic (exact) mass is 230 g/mol. The van der Waals surface area contributed by atoms with Crippen molar-refractivity contribution in [2.75, 3.05) is 13.2 Å². The van der Waals surface area contributed by atoms with Crippen molar-refractivity contribution in [3.63, 3.8) is 0 Å². The molecule has 0 amide bonds. The fraction of sp³-hybridized carbons (Fsp3) is 0.917. The minimum atomic E-state index is -0.864. The molecule has 3 atom stereocenters. The summed E-state index contributed by atoms with van der Waals surface area (Å²) in [5.41, 5.74) is 0. The van der Waals surface area contributed by atoms with Crippen LogP contribution in [0, 0.1) is 11.8 Å². The number of carbonyl (C=O) groups is 1. The largest absolute Gasteiger partial charge is 0.479 e. The van der Waals surface area contributed by atoms with E-state index in [1.54, 1.807) is 0 Å². The summed E-state index contributed by atoms with van der Waals surface area (Å²) in [5, 5.41) is 17.8. The van der Waals surface area contributed by atoms with Crippen LogP contribution in [0.1, 0.15) is 39.0 Å². The van der Waals surface area contributed by atoms with Gasteiger partial charge < -0.3 is 14.9 Å². The second kappa shape index (κ2) is 6.86. The molecule has 0 aromatic rings. The van der Waals surface area contributed by atoms with Crippen LogP contribution in [0.2, 0.25) is 0 Å². The van der Waals surface area contributed by atoms with Gasteiger partial charge >= 0.3 is 5.97 Å². The minimum Gasteiger partial charge on any atom is -0.479 e. The summed E-state index contributed by atoms with van der Waals surface area (Å²) in [7, 11) is 0. The van der Waals surface area contributed by atoms with Crippen molar-refractivity contribution in [2.24, 2.45) is 11.8 Å². The zero-order valence-corrected chi connectivity index (χ0v) is 9.89. The zero-order chi connectivity index (χ0) is 12.0. The molecule has 0 radical (unpaired) electrons. The molecular weight excluding hydrogens is 208 g/mol. The summed E-state index contributed by atoms with van der Waals surface area (Å²) < 4.78 is 5.37. The van der Waals surface area contributed by atoms with Crippen LogP contribution in [0.25, 0.3) is 0 Å². The van der Waals surface area contributed by atoms with Gasteiger partial charge in [-0.2, -0.15) is 0 Å². The van der Waals surface area contributed by atoms with E-state index in [2.05, 4.69) is 6.92 Å². The van der Waals surface area contributed by atoms with Crippen molar-refractivity contribution in [3.8, 4) is 0 Å². The molecule has 0 aliphatic heterocycles. The molecule has 0 saturated heterocycles. The molecule has 2 N–H and O–H groups in total. The Kier molecular flexibility index (Phi) is 5.77. The Balaban J connectivity index is 2.44. The number of aliphatic hydroxyl groups is 1. The van der Waals surface area contributed by atoms with Crippen LogP contribution < -0.4 is 0 Å². The van der Waals surface area contributed by atoms with E-state index < -0.39 is 12.1 Å². The second-order valence-corrected chi connectivity index (χ2v) is 4.74. The molecular formula is C12H22O4. The van der Waals surface area contributed by atoms with E-state index >= 15 is 0 Å². The summed E-state index contributed by atoms with van der Waals surface area (Å²) >= 11 is 0. The third-order valence-corrected chi connectivity index (χ3v) is 3.25. The van der Waals surface area contributed by atoms with E-state index in [1.165, 1.54) is 6.42 Å². The summed E-state index contributed by atoms with van der Waals surface area (Å²) in [6, 6.07) is 0. The van der Waals surface area contributed by atoms with Crippen molar-refractivity contribution in [2.45, 2.75) is 45.1 Å². The molecule has 0 spiro atoms. The maximum Gasteiger partial charge on any atom is 0.333 e. The fourth-order valence-electron chi connectivity index (χ4n) is 2.44. The molecule has 1 saturated carbocycles. The molecule has 0 aromatic heterocycles. The molecule has 1 rings (SSSR count). The molecule has 3 unspecified atom stereocenters. The Hall–Kier alpha value is -0.610. The lowest BCUT2D eigenvalue weighted by atomic mass is 9.79. The standard InChI is InChI=1S/C12H22O4/c1-9-4-2-5-10(8-9)11(12(14)15)16-7-3-6-13/h9-11,13H,2-8H2,1H3,(H,14,15). The van der Waals surface area contributed by atoms with Crippen LogP contribution >= 0.6 is 0 Å². The Labute approximate surface area is 96.6 Å². The van der Waals surface area contributed by atoms with Gasteiger partial charge in [0.05, 0.1) is 0 Å². The van der Waals surface area contributed by atoms with Gasteiger partial charge in [0.25, 0.3) is 0 Å². The number of carboxylic acid groups (broad SMARTS) is 1. The SMILES string of the molecule is CC1CCCC(C(OCCCO)C(=O)O)C1. The molecule has 1 fully saturated rings. The molecule has 94 valence electrons. The van der Waals surface area contributed by atoms with E-state index in [0.717, 1.165) is 19.3 Å². The van der Waals surface area contributed by atoms with E-state index in [1.807, 2.05) is 0 Å². The van der Waals surface area contributed by atoms with Crippen molar-refractivity contribution in [3.05, 3.63) is 0 Å². The number of rotatable bonds is 6. The molecule has 1 aliphatic carbocycles. The first-order valence-corrected chi connectivity index (χ1v) is 6.10. The van der Waals surface area contributed by atoms with E-state index in [-0.39, 0.29) is 12.5 Å². The minimum absolute atomic E-state index is 0.0490. The predicted octanol–water partition coefficient (Wildman–Crippen LogP) is 1.66.